The highest BCUT2D eigenvalue weighted by molar-refractivity contribution is 5.92. The van der Waals surface area contributed by atoms with Crippen LogP contribution in [0.3, 0.4) is 0 Å². The smallest absolute Gasteiger partial charge is 0.293 e. The van der Waals surface area contributed by atoms with Gasteiger partial charge in [-0.25, -0.2) is 4.39 Å². The van der Waals surface area contributed by atoms with E-state index in [0.717, 1.165) is 0 Å². The monoisotopic (exact) mass is 177 g/mol. The van der Waals surface area contributed by atoms with E-state index < -0.39 is 11.7 Å². The maximum absolute atomic E-state index is 13.0. The van der Waals surface area contributed by atoms with E-state index in [9.17, 15) is 9.18 Å². The molecular formula is C10H8FNO. The van der Waals surface area contributed by atoms with Gasteiger partial charge in [-0.2, -0.15) is 0 Å². The lowest BCUT2D eigenvalue weighted by Crippen LogP contribution is -2.06. The molecule has 0 saturated heterocycles. The minimum absolute atomic E-state index is 0.223. The molecule has 0 aliphatic carbocycles. The van der Waals surface area contributed by atoms with E-state index in [1.807, 2.05) is 0 Å². The maximum atomic E-state index is 13.0. The van der Waals surface area contributed by atoms with Gasteiger partial charge in [-0.1, -0.05) is 18.1 Å². The molecule has 66 valence electrons. The third-order valence-corrected chi connectivity index (χ3v) is 1.53. The van der Waals surface area contributed by atoms with Crippen LogP contribution < -0.4 is 5.73 Å². The second-order valence-corrected chi connectivity index (χ2v) is 2.55. The van der Waals surface area contributed by atoms with Crippen molar-refractivity contribution in [3.8, 4) is 11.8 Å². The van der Waals surface area contributed by atoms with Gasteiger partial charge in [-0.3, -0.25) is 4.79 Å². The number of rotatable bonds is 0. The van der Waals surface area contributed by atoms with Crippen LogP contribution in [-0.2, 0) is 4.79 Å². The van der Waals surface area contributed by atoms with E-state index in [4.69, 9.17) is 5.73 Å². The molecule has 0 heterocycles. The third-order valence-electron chi connectivity index (χ3n) is 1.53. The standard InChI is InChI=1S/C10H8FNO/c1-7-3-2-4-9(11)8(7)5-6-10(12)13/h2-4H,1H3,(H2,12,13). The topological polar surface area (TPSA) is 43.1 Å². The first-order valence-corrected chi connectivity index (χ1v) is 3.68. The molecule has 13 heavy (non-hydrogen) atoms. The average molecular weight is 177 g/mol. The Morgan fingerprint density at radius 2 is 2.23 bits per heavy atom. The molecule has 3 heteroatoms. The second kappa shape index (κ2) is 3.72. The van der Waals surface area contributed by atoms with E-state index in [2.05, 4.69) is 11.8 Å². The lowest BCUT2D eigenvalue weighted by atomic mass is 10.1. The maximum Gasteiger partial charge on any atom is 0.293 e. The fourth-order valence-electron chi connectivity index (χ4n) is 0.914. The summed E-state index contributed by atoms with van der Waals surface area (Å²) in [6, 6.07) is 4.59. The van der Waals surface area contributed by atoms with Gasteiger partial charge in [-0.15, -0.1) is 0 Å². The first-order chi connectivity index (χ1) is 6.11. The van der Waals surface area contributed by atoms with Gasteiger partial charge in [0.05, 0.1) is 5.56 Å². The van der Waals surface area contributed by atoms with E-state index in [1.54, 1.807) is 19.1 Å². The highest BCUT2D eigenvalue weighted by Gasteiger charge is 2.00. The lowest BCUT2D eigenvalue weighted by molar-refractivity contribution is -0.112. The van der Waals surface area contributed by atoms with Gasteiger partial charge in [0.2, 0.25) is 0 Å². The van der Waals surface area contributed by atoms with Crippen LogP contribution in [0.25, 0.3) is 0 Å². The van der Waals surface area contributed by atoms with Crippen LogP contribution in [-0.4, -0.2) is 5.91 Å². The fraction of sp³-hybridized carbons (Fsp3) is 0.100. The third kappa shape index (κ3) is 2.31. The summed E-state index contributed by atoms with van der Waals surface area (Å²) in [5.74, 6) is 3.28. The predicted octanol–water partition coefficient (Wildman–Crippen LogP) is 0.971. The van der Waals surface area contributed by atoms with Gasteiger partial charge in [0, 0.05) is 5.92 Å². The van der Waals surface area contributed by atoms with E-state index in [0.29, 0.717) is 5.56 Å². The number of aryl methyl sites for hydroxylation is 1. The van der Waals surface area contributed by atoms with Crippen molar-refractivity contribution in [3.05, 3.63) is 35.1 Å². The Labute approximate surface area is 75.6 Å². The molecule has 0 radical (unpaired) electrons. The Morgan fingerprint density at radius 3 is 2.77 bits per heavy atom. The number of hydrogen-bond acceptors (Lipinski definition) is 1. The molecule has 2 nitrogen and oxygen atoms in total. The average Bonchev–Trinajstić information content (AvgIpc) is 2.03. The second-order valence-electron chi connectivity index (χ2n) is 2.55. The molecule has 1 amide bonds. The quantitative estimate of drug-likeness (QED) is 0.589. The van der Waals surface area contributed by atoms with Gasteiger partial charge in [0.1, 0.15) is 5.82 Å². The summed E-state index contributed by atoms with van der Waals surface area (Å²) in [4.78, 5) is 10.3. The minimum Gasteiger partial charge on any atom is -0.359 e. The van der Waals surface area contributed by atoms with Gasteiger partial charge < -0.3 is 5.73 Å². The molecule has 0 saturated carbocycles. The molecule has 0 aromatic heterocycles. The molecule has 2 N–H and O–H groups in total. The summed E-state index contributed by atoms with van der Waals surface area (Å²) in [5.41, 5.74) is 5.72. The number of carbonyl (C=O) groups is 1. The number of carbonyl (C=O) groups excluding carboxylic acids is 1. The Kier molecular flexibility index (Phi) is 2.65. The van der Waals surface area contributed by atoms with Crippen molar-refractivity contribution in [1.82, 2.24) is 0 Å². The Morgan fingerprint density at radius 1 is 1.54 bits per heavy atom. The number of benzene rings is 1. The van der Waals surface area contributed by atoms with Crippen molar-refractivity contribution >= 4 is 5.91 Å². The Hall–Kier alpha value is -1.82. The van der Waals surface area contributed by atoms with E-state index >= 15 is 0 Å². The molecule has 0 aliphatic heterocycles. The molecule has 1 rings (SSSR count). The van der Waals surface area contributed by atoms with Crippen LogP contribution in [0.1, 0.15) is 11.1 Å². The summed E-state index contributed by atoms with van der Waals surface area (Å²) in [7, 11) is 0. The number of primary amides is 1. The van der Waals surface area contributed by atoms with Crippen LogP contribution >= 0.6 is 0 Å². The van der Waals surface area contributed by atoms with E-state index in [1.165, 1.54) is 6.07 Å². The summed E-state index contributed by atoms with van der Waals surface area (Å²) in [6.45, 7) is 1.72. The van der Waals surface area contributed by atoms with Crippen molar-refractivity contribution < 1.29 is 9.18 Å². The zero-order chi connectivity index (χ0) is 9.84. The van der Waals surface area contributed by atoms with Gasteiger partial charge >= 0.3 is 0 Å². The summed E-state index contributed by atoms with van der Waals surface area (Å²) in [6.07, 6.45) is 0. The van der Waals surface area contributed by atoms with Crippen LogP contribution in [0.2, 0.25) is 0 Å². The molecule has 1 aromatic carbocycles. The first kappa shape index (κ1) is 9.27. The zero-order valence-corrected chi connectivity index (χ0v) is 7.10. The van der Waals surface area contributed by atoms with Crippen molar-refractivity contribution in [3.63, 3.8) is 0 Å². The molecule has 1 aromatic rings. The molecule has 0 bridgehead atoms. The van der Waals surface area contributed by atoms with E-state index in [-0.39, 0.29) is 5.56 Å². The van der Waals surface area contributed by atoms with Crippen molar-refractivity contribution in [2.45, 2.75) is 6.92 Å². The Balaban J connectivity index is 3.16. The molecule has 0 spiro atoms. The molecule has 0 unspecified atom stereocenters. The van der Waals surface area contributed by atoms with Crippen molar-refractivity contribution in [1.29, 1.82) is 0 Å². The highest BCUT2D eigenvalue weighted by atomic mass is 19.1. The molecule has 0 aliphatic rings. The summed E-state index contributed by atoms with van der Waals surface area (Å²) >= 11 is 0. The summed E-state index contributed by atoms with van der Waals surface area (Å²) < 4.78 is 13.0. The van der Waals surface area contributed by atoms with Crippen LogP contribution in [0.15, 0.2) is 18.2 Å². The molecular weight excluding hydrogens is 169 g/mol. The predicted molar refractivity (Wildman–Crippen MR) is 47.2 cm³/mol. The van der Waals surface area contributed by atoms with Crippen LogP contribution in [0.5, 0.6) is 0 Å². The fourth-order valence-corrected chi connectivity index (χ4v) is 0.914. The zero-order valence-electron chi connectivity index (χ0n) is 7.10. The highest BCUT2D eigenvalue weighted by Crippen LogP contribution is 2.10. The Bertz CT molecular complexity index is 381. The normalized spacial score (nSPS) is 8.77. The van der Waals surface area contributed by atoms with Crippen molar-refractivity contribution in [2.75, 3.05) is 0 Å². The number of amides is 1. The lowest BCUT2D eigenvalue weighted by Gasteiger charge is -1.97. The number of halogens is 1. The number of nitrogens with two attached hydrogens (primary N) is 1. The van der Waals surface area contributed by atoms with Crippen molar-refractivity contribution in [2.24, 2.45) is 5.73 Å². The van der Waals surface area contributed by atoms with Gasteiger partial charge in [0.15, 0.2) is 0 Å². The largest absolute Gasteiger partial charge is 0.359 e. The van der Waals surface area contributed by atoms with Crippen LogP contribution in [0, 0.1) is 24.6 Å². The van der Waals surface area contributed by atoms with Gasteiger partial charge in [-0.05, 0) is 18.6 Å². The minimum atomic E-state index is -0.761. The molecule has 0 atom stereocenters. The molecule has 0 fully saturated rings. The summed E-state index contributed by atoms with van der Waals surface area (Å²) in [5, 5.41) is 0. The van der Waals surface area contributed by atoms with Gasteiger partial charge in [0.25, 0.3) is 5.91 Å². The number of hydrogen-bond donors (Lipinski definition) is 1. The SMILES string of the molecule is Cc1cccc(F)c1C#CC(N)=O. The first-order valence-electron chi connectivity index (χ1n) is 3.68. The van der Waals surface area contributed by atoms with Crippen LogP contribution in [0.4, 0.5) is 4.39 Å².